The number of pyridine rings is 1. The molecule has 0 bridgehead atoms. The highest BCUT2D eigenvalue weighted by molar-refractivity contribution is 5.92. The molecule has 0 atom stereocenters. The molecule has 70 valence electrons. The van der Waals surface area contributed by atoms with Crippen molar-refractivity contribution >= 4 is 5.91 Å². The molecule has 0 saturated carbocycles. The summed E-state index contributed by atoms with van der Waals surface area (Å²) in [5.74, 6) is -0.681. The Bertz CT molecular complexity index is 379. The monoisotopic (exact) mass is 180 g/mol. The molecule has 2 N–H and O–H groups in total. The summed E-state index contributed by atoms with van der Waals surface area (Å²) in [5, 5.41) is 0. The Hall–Kier alpha value is -1.58. The standard InChI is InChI=1S/C9H12N2O2/c1-6(2)11-5-3-4-7(8(10)12)9(11)13/h3-6H,1-2H3,(H2,10,12). The van der Waals surface area contributed by atoms with E-state index in [2.05, 4.69) is 0 Å². The predicted molar refractivity (Wildman–Crippen MR) is 49.6 cm³/mol. The van der Waals surface area contributed by atoms with Crippen LogP contribution in [0.3, 0.4) is 0 Å². The molecule has 13 heavy (non-hydrogen) atoms. The molecule has 4 nitrogen and oxygen atoms in total. The van der Waals surface area contributed by atoms with Gasteiger partial charge < -0.3 is 10.3 Å². The van der Waals surface area contributed by atoms with Gasteiger partial charge in [0, 0.05) is 12.2 Å². The van der Waals surface area contributed by atoms with Crippen LogP contribution in [0.4, 0.5) is 0 Å². The largest absolute Gasteiger partial charge is 0.365 e. The number of hydrogen-bond acceptors (Lipinski definition) is 2. The molecule has 0 saturated heterocycles. The molecule has 4 heteroatoms. The molecule has 0 aliphatic rings. The third-order valence-corrected chi connectivity index (χ3v) is 1.80. The number of primary amides is 1. The molecule has 1 aromatic rings. The Morgan fingerprint density at radius 3 is 2.62 bits per heavy atom. The minimum absolute atomic E-state index is 0.0341. The highest BCUT2D eigenvalue weighted by Crippen LogP contribution is 2.00. The Kier molecular flexibility index (Phi) is 2.51. The van der Waals surface area contributed by atoms with E-state index >= 15 is 0 Å². The molecule has 1 rings (SSSR count). The van der Waals surface area contributed by atoms with Crippen LogP contribution < -0.4 is 11.3 Å². The van der Waals surface area contributed by atoms with Gasteiger partial charge in [0.2, 0.25) is 0 Å². The highest BCUT2D eigenvalue weighted by Gasteiger charge is 2.09. The average molecular weight is 180 g/mol. The van der Waals surface area contributed by atoms with E-state index in [9.17, 15) is 9.59 Å². The van der Waals surface area contributed by atoms with Gasteiger partial charge in [0.25, 0.3) is 11.5 Å². The van der Waals surface area contributed by atoms with Crippen LogP contribution in [0.25, 0.3) is 0 Å². The quantitative estimate of drug-likeness (QED) is 0.721. The van der Waals surface area contributed by atoms with Gasteiger partial charge in [0.1, 0.15) is 5.56 Å². The second kappa shape index (κ2) is 3.43. The summed E-state index contributed by atoms with van der Waals surface area (Å²) in [6.07, 6.45) is 1.64. The van der Waals surface area contributed by atoms with Crippen LogP contribution in [0.1, 0.15) is 30.2 Å². The fourth-order valence-electron chi connectivity index (χ4n) is 1.10. The first-order valence-corrected chi connectivity index (χ1v) is 4.05. The van der Waals surface area contributed by atoms with Crippen LogP contribution in [-0.4, -0.2) is 10.5 Å². The van der Waals surface area contributed by atoms with Gasteiger partial charge in [-0.15, -0.1) is 0 Å². The van der Waals surface area contributed by atoms with Crippen LogP contribution in [0.15, 0.2) is 23.1 Å². The lowest BCUT2D eigenvalue weighted by atomic mass is 10.2. The van der Waals surface area contributed by atoms with Gasteiger partial charge in [-0.25, -0.2) is 0 Å². The second-order valence-corrected chi connectivity index (χ2v) is 3.09. The van der Waals surface area contributed by atoms with Gasteiger partial charge in [-0.05, 0) is 26.0 Å². The molecule has 0 aromatic carbocycles. The summed E-state index contributed by atoms with van der Waals surface area (Å²) in [5.41, 5.74) is 4.74. The summed E-state index contributed by atoms with van der Waals surface area (Å²) >= 11 is 0. The van der Waals surface area contributed by atoms with Crippen molar-refractivity contribution in [3.8, 4) is 0 Å². The van der Waals surface area contributed by atoms with Crippen molar-refractivity contribution in [2.75, 3.05) is 0 Å². The lowest BCUT2D eigenvalue weighted by Crippen LogP contribution is -2.29. The first-order chi connectivity index (χ1) is 6.04. The Morgan fingerprint density at radius 1 is 1.54 bits per heavy atom. The summed E-state index contributed by atoms with van der Waals surface area (Å²) in [7, 11) is 0. The number of hydrogen-bond donors (Lipinski definition) is 1. The Labute approximate surface area is 76.0 Å². The van der Waals surface area contributed by atoms with Gasteiger partial charge in [-0.2, -0.15) is 0 Å². The van der Waals surface area contributed by atoms with Gasteiger partial charge >= 0.3 is 0 Å². The SMILES string of the molecule is CC(C)n1cccc(C(N)=O)c1=O. The Balaban J connectivity index is 3.36. The number of carbonyl (C=O) groups is 1. The Morgan fingerprint density at radius 2 is 2.15 bits per heavy atom. The number of amides is 1. The van der Waals surface area contributed by atoms with Crippen molar-refractivity contribution in [3.05, 3.63) is 34.2 Å². The highest BCUT2D eigenvalue weighted by atomic mass is 16.2. The van der Waals surface area contributed by atoms with Gasteiger partial charge in [0.15, 0.2) is 0 Å². The fraction of sp³-hybridized carbons (Fsp3) is 0.333. The van der Waals surface area contributed by atoms with E-state index in [-0.39, 0.29) is 17.2 Å². The number of nitrogens with two attached hydrogens (primary N) is 1. The van der Waals surface area contributed by atoms with E-state index in [0.717, 1.165) is 0 Å². The molecular weight excluding hydrogens is 168 g/mol. The maximum atomic E-state index is 11.5. The summed E-state index contributed by atoms with van der Waals surface area (Å²) in [6.45, 7) is 3.73. The normalized spacial score (nSPS) is 10.4. The summed E-state index contributed by atoms with van der Waals surface area (Å²) in [6, 6.07) is 3.11. The number of aromatic nitrogens is 1. The van der Waals surface area contributed by atoms with E-state index in [4.69, 9.17) is 5.73 Å². The van der Waals surface area contributed by atoms with E-state index < -0.39 is 5.91 Å². The van der Waals surface area contributed by atoms with Crippen molar-refractivity contribution in [1.82, 2.24) is 4.57 Å². The molecular formula is C9H12N2O2. The molecule has 1 aromatic heterocycles. The molecule has 0 fully saturated rings. The second-order valence-electron chi connectivity index (χ2n) is 3.09. The minimum Gasteiger partial charge on any atom is -0.365 e. The molecule has 0 aliphatic carbocycles. The van der Waals surface area contributed by atoms with Crippen LogP contribution in [0.2, 0.25) is 0 Å². The number of nitrogens with zero attached hydrogens (tertiary/aromatic N) is 1. The smallest absolute Gasteiger partial charge is 0.263 e. The van der Waals surface area contributed by atoms with Crippen LogP contribution in [0, 0.1) is 0 Å². The topological polar surface area (TPSA) is 65.1 Å². The number of rotatable bonds is 2. The fourth-order valence-corrected chi connectivity index (χ4v) is 1.10. The van der Waals surface area contributed by atoms with E-state index in [1.54, 1.807) is 12.3 Å². The summed E-state index contributed by atoms with van der Waals surface area (Å²) < 4.78 is 1.47. The van der Waals surface area contributed by atoms with E-state index in [1.165, 1.54) is 10.6 Å². The zero-order valence-corrected chi connectivity index (χ0v) is 7.65. The van der Waals surface area contributed by atoms with Gasteiger partial charge in [-0.1, -0.05) is 0 Å². The number of carbonyl (C=O) groups excluding carboxylic acids is 1. The van der Waals surface area contributed by atoms with Crippen molar-refractivity contribution in [2.45, 2.75) is 19.9 Å². The van der Waals surface area contributed by atoms with Crippen molar-refractivity contribution in [3.63, 3.8) is 0 Å². The zero-order valence-electron chi connectivity index (χ0n) is 7.65. The van der Waals surface area contributed by atoms with E-state index in [1.807, 2.05) is 13.8 Å². The lowest BCUT2D eigenvalue weighted by Gasteiger charge is -2.09. The molecule has 0 spiro atoms. The minimum atomic E-state index is -0.681. The van der Waals surface area contributed by atoms with Crippen LogP contribution >= 0.6 is 0 Å². The molecule has 1 amide bonds. The van der Waals surface area contributed by atoms with Crippen molar-refractivity contribution in [2.24, 2.45) is 5.73 Å². The van der Waals surface area contributed by atoms with Gasteiger partial charge in [-0.3, -0.25) is 9.59 Å². The third kappa shape index (κ3) is 1.77. The van der Waals surface area contributed by atoms with Crippen molar-refractivity contribution < 1.29 is 4.79 Å². The van der Waals surface area contributed by atoms with Crippen molar-refractivity contribution in [1.29, 1.82) is 0 Å². The van der Waals surface area contributed by atoms with E-state index in [0.29, 0.717) is 0 Å². The third-order valence-electron chi connectivity index (χ3n) is 1.80. The molecule has 0 aliphatic heterocycles. The zero-order chi connectivity index (χ0) is 10.0. The maximum absolute atomic E-state index is 11.5. The molecule has 0 radical (unpaired) electrons. The predicted octanol–water partition coefficient (Wildman–Crippen LogP) is 0.528. The first-order valence-electron chi connectivity index (χ1n) is 4.05. The summed E-state index contributed by atoms with van der Waals surface area (Å²) in [4.78, 5) is 22.3. The van der Waals surface area contributed by atoms with Crippen LogP contribution in [-0.2, 0) is 0 Å². The molecule has 0 unspecified atom stereocenters. The lowest BCUT2D eigenvalue weighted by molar-refractivity contribution is 0.0998. The van der Waals surface area contributed by atoms with Crippen LogP contribution in [0.5, 0.6) is 0 Å². The first kappa shape index (κ1) is 9.51. The average Bonchev–Trinajstić information content (AvgIpc) is 2.03. The molecule has 1 heterocycles. The van der Waals surface area contributed by atoms with Gasteiger partial charge in [0.05, 0.1) is 0 Å². The maximum Gasteiger partial charge on any atom is 0.263 e.